The normalized spacial score (nSPS) is 11.0. The van der Waals surface area contributed by atoms with E-state index in [2.05, 4.69) is 22.1 Å². The van der Waals surface area contributed by atoms with Gasteiger partial charge in [-0.1, -0.05) is 6.07 Å². The van der Waals surface area contributed by atoms with Crippen LogP contribution in [0.25, 0.3) is 27.7 Å². The van der Waals surface area contributed by atoms with Crippen molar-refractivity contribution in [3.63, 3.8) is 0 Å². The summed E-state index contributed by atoms with van der Waals surface area (Å²) >= 11 is 0. The van der Waals surface area contributed by atoms with Crippen molar-refractivity contribution in [3.05, 3.63) is 79.3 Å². The van der Waals surface area contributed by atoms with E-state index in [0.29, 0.717) is 0 Å². The van der Waals surface area contributed by atoms with Crippen molar-refractivity contribution in [1.82, 2.24) is 14.5 Å². The quantitative estimate of drug-likeness (QED) is 0.553. The van der Waals surface area contributed by atoms with E-state index in [1.165, 1.54) is 18.5 Å². The summed E-state index contributed by atoms with van der Waals surface area (Å²) in [6.45, 7) is 0. The van der Waals surface area contributed by atoms with Gasteiger partial charge in [-0.05, 0) is 48.0 Å². The zero-order valence-electron chi connectivity index (χ0n) is 11.6. The Morgan fingerprint density at radius 2 is 1.59 bits per heavy atom. The predicted molar refractivity (Wildman–Crippen MR) is 84.3 cm³/mol. The molecule has 3 nitrogen and oxygen atoms in total. The molecule has 0 saturated heterocycles. The molecule has 0 atom stereocenters. The third kappa shape index (κ3) is 2.15. The fourth-order valence-corrected chi connectivity index (χ4v) is 2.60. The van der Waals surface area contributed by atoms with Gasteiger partial charge >= 0.3 is 0 Å². The van der Waals surface area contributed by atoms with Crippen LogP contribution < -0.4 is 0 Å². The Morgan fingerprint density at radius 1 is 0.818 bits per heavy atom. The van der Waals surface area contributed by atoms with Gasteiger partial charge in [0.25, 0.3) is 0 Å². The molecule has 0 N–H and O–H groups in total. The summed E-state index contributed by atoms with van der Waals surface area (Å²) in [5.41, 5.74) is 4.07. The topological polar surface area (TPSA) is 30.7 Å². The number of fused-ring (bicyclic) bond motifs is 1. The van der Waals surface area contributed by atoms with E-state index >= 15 is 0 Å². The summed E-state index contributed by atoms with van der Waals surface area (Å²) in [4.78, 5) is 8.10. The van der Waals surface area contributed by atoms with Crippen LogP contribution in [0, 0.1) is 5.82 Å². The third-order valence-corrected chi connectivity index (χ3v) is 3.69. The molecular weight excluding hydrogens is 277 g/mol. The van der Waals surface area contributed by atoms with Crippen molar-refractivity contribution < 1.29 is 4.39 Å². The van der Waals surface area contributed by atoms with Gasteiger partial charge in [-0.15, -0.1) is 0 Å². The van der Waals surface area contributed by atoms with Crippen LogP contribution in [0.15, 0.2) is 73.4 Å². The molecule has 0 aliphatic heterocycles. The SMILES string of the molecule is Fc1ccc(-n2ccc3cc(-c4cncnc4)ccc32)cc1. The van der Waals surface area contributed by atoms with Gasteiger partial charge < -0.3 is 4.57 Å². The number of rotatable bonds is 2. The Labute approximate surface area is 126 Å². The van der Waals surface area contributed by atoms with E-state index < -0.39 is 0 Å². The Balaban J connectivity index is 1.82. The summed E-state index contributed by atoms with van der Waals surface area (Å²) in [6, 6.07) is 14.7. The van der Waals surface area contributed by atoms with Crippen LogP contribution in [0.1, 0.15) is 0 Å². The lowest BCUT2D eigenvalue weighted by Crippen LogP contribution is -1.91. The van der Waals surface area contributed by atoms with Crippen LogP contribution in [-0.2, 0) is 0 Å². The zero-order valence-corrected chi connectivity index (χ0v) is 11.6. The molecule has 0 saturated carbocycles. The number of hydrogen-bond acceptors (Lipinski definition) is 2. The summed E-state index contributed by atoms with van der Waals surface area (Å²) < 4.78 is 15.1. The summed E-state index contributed by atoms with van der Waals surface area (Å²) in [6.07, 6.45) is 7.10. The molecule has 0 radical (unpaired) electrons. The summed E-state index contributed by atoms with van der Waals surface area (Å²) in [5.74, 6) is -0.230. The first kappa shape index (κ1) is 12.7. The van der Waals surface area contributed by atoms with Crippen molar-refractivity contribution in [1.29, 1.82) is 0 Å². The van der Waals surface area contributed by atoms with Crippen molar-refractivity contribution in [2.75, 3.05) is 0 Å². The molecule has 0 aliphatic carbocycles. The fourth-order valence-electron chi connectivity index (χ4n) is 2.60. The van der Waals surface area contributed by atoms with Gasteiger partial charge in [0.2, 0.25) is 0 Å². The standard InChI is InChI=1S/C18H12FN3/c19-16-2-4-17(5-3-16)22-8-7-14-9-13(1-6-18(14)22)15-10-20-12-21-11-15/h1-12H. The van der Waals surface area contributed by atoms with Crippen molar-refractivity contribution in [3.8, 4) is 16.8 Å². The molecule has 106 valence electrons. The van der Waals surface area contributed by atoms with Crippen LogP contribution in [0.3, 0.4) is 0 Å². The van der Waals surface area contributed by atoms with E-state index in [9.17, 15) is 4.39 Å². The molecule has 2 aromatic heterocycles. The molecule has 0 spiro atoms. The first-order chi connectivity index (χ1) is 10.8. The number of nitrogens with zero attached hydrogens (tertiary/aromatic N) is 3. The highest BCUT2D eigenvalue weighted by Crippen LogP contribution is 2.26. The third-order valence-electron chi connectivity index (χ3n) is 3.69. The van der Waals surface area contributed by atoms with Gasteiger partial charge in [0.15, 0.2) is 0 Å². The minimum absolute atomic E-state index is 0.230. The van der Waals surface area contributed by atoms with Gasteiger partial charge in [-0.2, -0.15) is 0 Å². The molecule has 0 fully saturated rings. The molecule has 0 aliphatic rings. The second kappa shape index (κ2) is 5.07. The molecular formula is C18H12FN3. The first-order valence-electron chi connectivity index (χ1n) is 6.94. The highest BCUT2D eigenvalue weighted by molar-refractivity contribution is 5.86. The molecule has 0 bridgehead atoms. The minimum atomic E-state index is -0.230. The Hall–Kier alpha value is -3.01. The Kier molecular flexibility index (Phi) is 2.93. The van der Waals surface area contributed by atoms with E-state index in [-0.39, 0.29) is 5.82 Å². The van der Waals surface area contributed by atoms with Gasteiger partial charge in [-0.3, -0.25) is 0 Å². The highest BCUT2D eigenvalue weighted by atomic mass is 19.1. The zero-order chi connectivity index (χ0) is 14.9. The summed E-state index contributed by atoms with van der Waals surface area (Å²) in [5, 5.41) is 1.12. The van der Waals surface area contributed by atoms with Gasteiger partial charge in [0.1, 0.15) is 12.1 Å². The van der Waals surface area contributed by atoms with Crippen LogP contribution in [0.4, 0.5) is 4.39 Å². The Bertz CT molecular complexity index is 928. The van der Waals surface area contributed by atoms with Crippen molar-refractivity contribution in [2.45, 2.75) is 0 Å². The van der Waals surface area contributed by atoms with Crippen molar-refractivity contribution in [2.24, 2.45) is 0 Å². The second-order valence-corrected chi connectivity index (χ2v) is 5.06. The molecule has 2 aromatic carbocycles. The molecule has 2 heterocycles. The second-order valence-electron chi connectivity index (χ2n) is 5.06. The maximum absolute atomic E-state index is 13.1. The monoisotopic (exact) mass is 289 g/mol. The average Bonchev–Trinajstić information content (AvgIpc) is 2.99. The maximum atomic E-state index is 13.1. The summed E-state index contributed by atoms with van der Waals surface area (Å²) in [7, 11) is 0. The average molecular weight is 289 g/mol. The lowest BCUT2D eigenvalue weighted by atomic mass is 10.1. The largest absolute Gasteiger partial charge is 0.317 e. The van der Waals surface area contributed by atoms with E-state index in [4.69, 9.17) is 0 Å². The smallest absolute Gasteiger partial charge is 0.123 e. The molecule has 0 amide bonds. The van der Waals surface area contributed by atoms with Crippen LogP contribution >= 0.6 is 0 Å². The minimum Gasteiger partial charge on any atom is -0.317 e. The highest BCUT2D eigenvalue weighted by Gasteiger charge is 2.06. The number of aromatic nitrogens is 3. The van der Waals surface area contributed by atoms with Crippen LogP contribution in [0.5, 0.6) is 0 Å². The molecule has 22 heavy (non-hydrogen) atoms. The number of benzene rings is 2. The van der Waals surface area contributed by atoms with Gasteiger partial charge in [-0.25, -0.2) is 14.4 Å². The predicted octanol–water partition coefficient (Wildman–Crippen LogP) is 4.23. The Morgan fingerprint density at radius 3 is 2.36 bits per heavy atom. The van der Waals surface area contributed by atoms with Gasteiger partial charge in [0, 0.05) is 35.2 Å². The van der Waals surface area contributed by atoms with E-state index in [0.717, 1.165) is 27.7 Å². The fraction of sp³-hybridized carbons (Fsp3) is 0. The van der Waals surface area contributed by atoms with Crippen molar-refractivity contribution >= 4 is 10.9 Å². The maximum Gasteiger partial charge on any atom is 0.123 e. The van der Waals surface area contributed by atoms with E-state index in [1.807, 2.05) is 22.9 Å². The van der Waals surface area contributed by atoms with Crippen LogP contribution in [-0.4, -0.2) is 14.5 Å². The first-order valence-corrected chi connectivity index (χ1v) is 6.94. The number of halogens is 1. The lowest BCUT2D eigenvalue weighted by Gasteiger charge is -2.06. The molecule has 4 heteroatoms. The lowest BCUT2D eigenvalue weighted by molar-refractivity contribution is 0.627. The number of hydrogen-bond donors (Lipinski definition) is 0. The molecule has 4 aromatic rings. The molecule has 4 rings (SSSR count). The molecule has 0 unspecified atom stereocenters. The van der Waals surface area contributed by atoms with Crippen LogP contribution in [0.2, 0.25) is 0 Å². The van der Waals surface area contributed by atoms with E-state index in [1.54, 1.807) is 24.5 Å². The van der Waals surface area contributed by atoms with Gasteiger partial charge in [0.05, 0.1) is 5.52 Å².